The Bertz CT molecular complexity index is 530. The highest BCUT2D eigenvalue weighted by molar-refractivity contribution is 14.0. The fourth-order valence-electron chi connectivity index (χ4n) is 2.58. The van der Waals surface area contributed by atoms with Crippen LogP contribution in [0.3, 0.4) is 0 Å². The molecule has 1 aliphatic heterocycles. The SMILES string of the molecule is CN=C(NCCC1CC1)NC1CCN(S(=O)(=O)C(F)(F)F)CC1.I. The second-order valence-corrected chi connectivity index (χ2v) is 7.93. The van der Waals surface area contributed by atoms with Crippen LogP contribution < -0.4 is 10.6 Å². The van der Waals surface area contributed by atoms with Crippen molar-refractivity contribution in [2.75, 3.05) is 26.7 Å². The van der Waals surface area contributed by atoms with E-state index in [1.165, 1.54) is 12.8 Å². The molecule has 2 rings (SSSR count). The van der Waals surface area contributed by atoms with E-state index in [2.05, 4.69) is 15.6 Å². The van der Waals surface area contributed by atoms with Crippen LogP contribution in [0, 0.1) is 5.92 Å². The minimum absolute atomic E-state index is 0. The Morgan fingerprint density at radius 3 is 2.25 bits per heavy atom. The Hall–Kier alpha value is -0.300. The second kappa shape index (κ2) is 8.88. The lowest BCUT2D eigenvalue weighted by atomic mass is 10.1. The van der Waals surface area contributed by atoms with Crippen molar-refractivity contribution in [2.24, 2.45) is 10.9 Å². The molecular formula is C13H24F3IN4O2S. The van der Waals surface area contributed by atoms with Gasteiger partial charge < -0.3 is 10.6 Å². The number of alkyl halides is 3. The number of hydrogen-bond donors (Lipinski definition) is 2. The highest BCUT2D eigenvalue weighted by atomic mass is 127. The van der Waals surface area contributed by atoms with E-state index in [-0.39, 0.29) is 43.1 Å². The van der Waals surface area contributed by atoms with E-state index >= 15 is 0 Å². The summed E-state index contributed by atoms with van der Waals surface area (Å²) in [6, 6.07) is -0.0817. The van der Waals surface area contributed by atoms with E-state index in [9.17, 15) is 21.6 Å². The first kappa shape index (κ1) is 21.7. The first-order valence-corrected chi connectivity index (χ1v) is 9.21. The summed E-state index contributed by atoms with van der Waals surface area (Å²) in [6.07, 6.45) is 4.28. The zero-order valence-corrected chi connectivity index (χ0v) is 16.6. The van der Waals surface area contributed by atoms with Crippen molar-refractivity contribution < 1.29 is 21.6 Å². The summed E-state index contributed by atoms with van der Waals surface area (Å²) in [5.74, 6) is 1.42. The van der Waals surface area contributed by atoms with E-state index in [0.717, 1.165) is 18.9 Å². The van der Waals surface area contributed by atoms with Gasteiger partial charge in [0.2, 0.25) is 0 Å². The Balaban J connectivity index is 0.00000288. The van der Waals surface area contributed by atoms with Crippen LogP contribution >= 0.6 is 24.0 Å². The molecule has 1 saturated carbocycles. The van der Waals surface area contributed by atoms with Gasteiger partial charge in [0.05, 0.1) is 0 Å². The molecule has 11 heteroatoms. The lowest BCUT2D eigenvalue weighted by molar-refractivity contribution is -0.0494. The minimum atomic E-state index is -5.23. The number of nitrogens with zero attached hydrogens (tertiary/aromatic N) is 2. The van der Waals surface area contributed by atoms with Crippen LogP contribution in [0.15, 0.2) is 4.99 Å². The molecule has 24 heavy (non-hydrogen) atoms. The summed E-state index contributed by atoms with van der Waals surface area (Å²) in [5, 5.41) is 6.33. The molecule has 0 amide bonds. The van der Waals surface area contributed by atoms with Gasteiger partial charge in [-0.05, 0) is 25.2 Å². The quantitative estimate of drug-likeness (QED) is 0.355. The summed E-state index contributed by atoms with van der Waals surface area (Å²) in [4.78, 5) is 4.09. The molecule has 0 atom stereocenters. The molecule has 0 radical (unpaired) electrons. The zero-order valence-electron chi connectivity index (χ0n) is 13.5. The molecule has 0 spiro atoms. The molecule has 2 N–H and O–H groups in total. The van der Waals surface area contributed by atoms with E-state index in [4.69, 9.17) is 0 Å². The Morgan fingerprint density at radius 2 is 1.79 bits per heavy atom. The molecular weight excluding hydrogens is 460 g/mol. The highest BCUT2D eigenvalue weighted by Gasteiger charge is 2.50. The van der Waals surface area contributed by atoms with Crippen LogP contribution in [0.25, 0.3) is 0 Å². The fraction of sp³-hybridized carbons (Fsp3) is 0.923. The molecule has 1 saturated heterocycles. The normalized spacial score (nSPS) is 21.2. The van der Waals surface area contributed by atoms with E-state index < -0.39 is 15.5 Å². The van der Waals surface area contributed by atoms with Crippen molar-refractivity contribution in [3.63, 3.8) is 0 Å². The highest BCUT2D eigenvalue weighted by Crippen LogP contribution is 2.31. The van der Waals surface area contributed by atoms with E-state index in [0.29, 0.717) is 23.1 Å². The van der Waals surface area contributed by atoms with Gasteiger partial charge in [-0.3, -0.25) is 4.99 Å². The molecule has 6 nitrogen and oxygen atoms in total. The molecule has 142 valence electrons. The van der Waals surface area contributed by atoms with Crippen LogP contribution in [-0.2, 0) is 10.0 Å². The number of halogens is 4. The summed E-state index contributed by atoms with van der Waals surface area (Å²) < 4.78 is 60.7. The Kier molecular flexibility index (Phi) is 8.04. The molecule has 0 aromatic heterocycles. The maximum atomic E-state index is 12.5. The molecule has 0 aromatic carbocycles. The predicted molar refractivity (Wildman–Crippen MR) is 96.8 cm³/mol. The standard InChI is InChI=1S/C13H23F3N4O2S.HI/c1-17-12(18-7-4-10-2-3-10)19-11-5-8-20(9-6-11)23(21,22)13(14,15)16;/h10-11H,2-9H2,1H3,(H2,17,18,19);1H. The molecule has 1 aliphatic carbocycles. The van der Waals surface area contributed by atoms with Crippen molar-refractivity contribution in [1.29, 1.82) is 0 Å². The molecule has 0 unspecified atom stereocenters. The van der Waals surface area contributed by atoms with Crippen LogP contribution in [0.5, 0.6) is 0 Å². The smallest absolute Gasteiger partial charge is 0.356 e. The average Bonchev–Trinajstić information content (AvgIpc) is 3.30. The van der Waals surface area contributed by atoms with Gasteiger partial charge in [-0.1, -0.05) is 12.8 Å². The number of hydrogen-bond acceptors (Lipinski definition) is 3. The van der Waals surface area contributed by atoms with Crippen LogP contribution in [0.4, 0.5) is 13.2 Å². The molecule has 0 aromatic rings. The number of rotatable bonds is 5. The van der Waals surface area contributed by atoms with Gasteiger partial charge in [-0.15, -0.1) is 24.0 Å². The van der Waals surface area contributed by atoms with Crippen molar-refractivity contribution in [2.45, 2.75) is 43.7 Å². The van der Waals surface area contributed by atoms with Crippen LogP contribution in [0.1, 0.15) is 32.1 Å². The van der Waals surface area contributed by atoms with Gasteiger partial charge >= 0.3 is 15.5 Å². The van der Waals surface area contributed by atoms with Crippen molar-refractivity contribution >= 4 is 40.0 Å². The summed E-state index contributed by atoms with van der Waals surface area (Å²) >= 11 is 0. The zero-order chi connectivity index (χ0) is 17.1. The van der Waals surface area contributed by atoms with Crippen LogP contribution in [-0.4, -0.2) is 56.9 Å². The van der Waals surface area contributed by atoms with Crippen molar-refractivity contribution in [3.05, 3.63) is 0 Å². The van der Waals surface area contributed by atoms with Gasteiger partial charge in [0.25, 0.3) is 0 Å². The fourth-order valence-corrected chi connectivity index (χ4v) is 3.56. The minimum Gasteiger partial charge on any atom is -0.356 e. The number of sulfonamides is 1. The monoisotopic (exact) mass is 484 g/mol. The Labute approximate surface area is 157 Å². The van der Waals surface area contributed by atoms with Gasteiger partial charge in [0, 0.05) is 32.7 Å². The molecule has 1 heterocycles. The second-order valence-electron chi connectivity index (χ2n) is 6.00. The third-order valence-electron chi connectivity index (χ3n) is 4.19. The maximum absolute atomic E-state index is 12.5. The number of guanidine groups is 1. The first-order valence-electron chi connectivity index (χ1n) is 7.77. The summed E-state index contributed by atoms with van der Waals surface area (Å²) in [6.45, 7) is 0.531. The largest absolute Gasteiger partial charge is 0.511 e. The Morgan fingerprint density at radius 1 is 1.21 bits per heavy atom. The van der Waals surface area contributed by atoms with Crippen molar-refractivity contribution in [3.8, 4) is 0 Å². The van der Waals surface area contributed by atoms with Gasteiger partial charge in [0.15, 0.2) is 5.96 Å². The van der Waals surface area contributed by atoms with Gasteiger partial charge in [0.1, 0.15) is 0 Å². The van der Waals surface area contributed by atoms with E-state index in [1.807, 2.05) is 0 Å². The summed E-state index contributed by atoms with van der Waals surface area (Å²) in [7, 11) is -3.58. The molecule has 2 aliphatic rings. The number of aliphatic imine (C=N–C) groups is 1. The first-order chi connectivity index (χ1) is 10.7. The van der Waals surface area contributed by atoms with Crippen molar-refractivity contribution in [1.82, 2.24) is 14.9 Å². The number of piperidine rings is 1. The molecule has 0 bridgehead atoms. The lowest BCUT2D eigenvalue weighted by Gasteiger charge is -2.32. The molecule has 2 fully saturated rings. The third-order valence-corrected chi connectivity index (χ3v) is 5.82. The topological polar surface area (TPSA) is 73.8 Å². The van der Waals surface area contributed by atoms with Gasteiger partial charge in [-0.25, -0.2) is 8.42 Å². The lowest BCUT2D eigenvalue weighted by Crippen LogP contribution is -2.51. The average molecular weight is 484 g/mol. The van der Waals surface area contributed by atoms with Gasteiger partial charge in [-0.2, -0.15) is 17.5 Å². The maximum Gasteiger partial charge on any atom is 0.511 e. The number of nitrogens with one attached hydrogen (secondary N) is 2. The van der Waals surface area contributed by atoms with Crippen LogP contribution in [0.2, 0.25) is 0 Å². The predicted octanol–water partition coefficient (Wildman–Crippen LogP) is 1.88. The third kappa shape index (κ3) is 5.90. The van der Waals surface area contributed by atoms with E-state index in [1.54, 1.807) is 7.05 Å². The summed E-state index contributed by atoms with van der Waals surface area (Å²) in [5.41, 5.74) is -5.23.